The Hall–Kier alpha value is -1.09. The van der Waals surface area contributed by atoms with Crippen LogP contribution in [0.15, 0.2) is 29.4 Å². The Bertz CT molecular complexity index is 216. The van der Waals surface area contributed by atoms with Crippen LogP contribution in [0.2, 0.25) is 0 Å². The highest BCUT2D eigenvalue weighted by molar-refractivity contribution is 5.07. The number of likely N-dealkylation sites (N-methyl/N-ethyl adjacent to an activating group) is 1. The van der Waals surface area contributed by atoms with Crippen LogP contribution < -0.4 is 0 Å². The van der Waals surface area contributed by atoms with Gasteiger partial charge < -0.3 is 4.52 Å². The van der Waals surface area contributed by atoms with Crippen molar-refractivity contribution in [3.05, 3.63) is 30.7 Å². The molecule has 0 amide bonds. The first-order chi connectivity index (χ1) is 5.25. The van der Waals surface area contributed by atoms with E-state index in [-0.39, 0.29) is 6.04 Å². The van der Waals surface area contributed by atoms with Crippen LogP contribution in [0.1, 0.15) is 11.8 Å². The predicted molar refractivity (Wildman–Crippen MR) is 43.1 cm³/mol. The summed E-state index contributed by atoms with van der Waals surface area (Å²) in [5.41, 5.74) is 0. The fourth-order valence-corrected chi connectivity index (χ4v) is 0.960. The third kappa shape index (κ3) is 1.68. The summed E-state index contributed by atoms with van der Waals surface area (Å²) in [6.07, 6.45) is 3.45. The molecule has 0 aliphatic carbocycles. The molecule has 1 unspecified atom stereocenters. The van der Waals surface area contributed by atoms with Crippen LogP contribution in [0.25, 0.3) is 0 Å². The number of hydrogen-bond acceptors (Lipinski definition) is 3. The standard InChI is InChI=1S/C8H12N2O/c1-4-7(10(2)3)8-5-6-9-11-8/h4-7H,1H2,2-3H3. The molecule has 60 valence electrons. The molecule has 0 saturated carbocycles. The van der Waals surface area contributed by atoms with Crippen LogP contribution in [0.5, 0.6) is 0 Å². The molecular formula is C8H12N2O. The molecule has 0 saturated heterocycles. The van der Waals surface area contributed by atoms with Crippen molar-refractivity contribution in [3.8, 4) is 0 Å². The molecule has 1 aromatic heterocycles. The molecule has 1 rings (SSSR count). The predicted octanol–water partition coefficient (Wildman–Crippen LogP) is 1.46. The van der Waals surface area contributed by atoms with E-state index in [9.17, 15) is 0 Å². The Morgan fingerprint density at radius 2 is 2.45 bits per heavy atom. The van der Waals surface area contributed by atoms with E-state index in [1.807, 2.05) is 31.1 Å². The number of rotatable bonds is 3. The van der Waals surface area contributed by atoms with Gasteiger partial charge in [0.1, 0.15) is 0 Å². The fourth-order valence-electron chi connectivity index (χ4n) is 0.960. The van der Waals surface area contributed by atoms with Gasteiger partial charge in [0.2, 0.25) is 0 Å². The van der Waals surface area contributed by atoms with Crippen LogP contribution in [0, 0.1) is 0 Å². The number of aromatic nitrogens is 1. The van der Waals surface area contributed by atoms with E-state index in [1.54, 1.807) is 6.20 Å². The third-order valence-corrected chi connectivity index (χ3v) is 1.53. The van der Waals surface area contributed by atoms with Gasteiger partial charge in [-0.15, -0.1) is 6.58 Å². The molecule has 1 heterocycles. The lowest BCUT2D eigenvalue weighted by Crippen LogP contribution is -2.16. The zero-order chi connectivity index (χ0) is 8.27. The van der Waals surface area contributed by atoms with Crippen molar-refractivity contribution >= 4 is 0 Å². The van der Waals surface area contributed by atoms with Crippen LogP contribution in [0.4, 0.5) is 0 Å². The van der Waals surface area contributed by atoms with Crippen LogP contribution in [-0.2, 0) is 0 Å². The molecule has 1 aromatic rings. The average molecular weight is 152 g/mol. The van der Waals surface area contributed by atoms with Crippen molar-refractivity contribution in [1.82, 2.24) is 10.1 Å². The maximum Gasteiger partial charge on any atom is 0.157 e. The molecule has 0 aromatic carbocycles. The lowest BCUT2D eigenvalue weighted by Gasteiger charge is -2.16. The Labute approximate surface area is 66.3 Å². The molecule has 0 radical (unpaired) electrons. The fraction of sp³-hybridized carbons (Fsp3) is 0.375. The van der Waals surface area contributed by atoms with Gasteiger partial charge in [-0.05, 0) is 14.1 Å². The largest absolute Gasteiger partial charge is 0.359 e. The molecular weight excluding hydrogens is 140 g/mol. The lowest BCUT2D eigenvalue weighted by atomic mass is 10.2. The first-order valence-electron chi connectivity index (χ1n) is 3.45. The topological polar surface area (TPSA) is 29.3 Å². The molecule has 0 N–H and O–H groups in total. The summed E-state index contributed by atoms with van der Waals surface area (Å²) >= 11 is 0. The van der Waals surface area contributed by atoms with E-state index >= 15 is 0 Å². The molecule has 0 aliphatic rings. The second-order valence-corrected chi connectivity index (χ2v) is 2.56. The lowest BCUT2D eigenvalue weighted by molar-refractivity contribution is 0.275. The quantitative estimate of drug-likeness (QED) is 0.614. The van der Waals surface area contributed by atoms with Crippen LogP contribution in [0.3, 0.4) is 0 Å². The van der Waals surface area contributed by atoms with E-state index in [0.717, 1.165) is 5.76 Å². The van der Waals surface area contributed by atoms with Crippen molar-refractivity contribution in [2.45, 2.75) is 6.04 Å². The first-order valence-corrected chi connectivity index (χ1v) is 3.45. The molecule has 3 nitrogen and oxygen atoms in total. The minimum absolute atomic E-state index is 0.123. The molecule has 3 heteroatoms. The van der Waals surface area contributed by atoms with Crippen molar-refractivity contribution in [3.63, 3.8) is 0 Å². The maximum absolute atomic E-state index is 4.98. The van der Waals surface area contributed by atoms with E-state index < -0.39 is 0 Å². The van der Waals surface area contributed by atoms with Crippen LogP contribution in [-0.4, -0.2) is 24.2 Å². The van der Waals surface area contributed by atoms with Gasteiger partial charge in [-0.1, -0.05) is 11.2 Å². The second-order valence-electron chi connectivity index (χ2n) is 2.56. The molecule has 0 bridgehead atoms. The third-order valence-electron chi connectivity index (χ3n) is 1.53. The Morgan fingerprint density at radius 3 is 2.82 bits per heavy atom. The monoisotopic (exact) mass is 152 g/mol. The van der Waals surface area contributed by atoms with Gasteiger partial charge in [0.05, 0.1) is 12.2 Å². The zero-order valence-electron chi connectivity index (χ0n) is 6.82. The van der Waals surface area contributed by atoms with Crippen molar-refractivity contribution in [2.75, 3.05) is 14.1 Å². The maximum atomic E-state index is 4.98. The Balaban J connectivity index is 2.79. The van der Waals surface area contributed by atoms with Crippen molar-refractivity contribution in [2.24, 2.45) is 0 Å². The van der Waals surface area contributed by atoms with Crippen LogP contribution >= 0.6 is 0 Å². The minimum Gasteiger partial charge on any atom is -0.359 e. The molecule has 1 atom stereocenters. The molecule has 0 aliphatic heterocycles. The van der Waals surface area contributed by atoms with E-state index in [1.165, 1.54) is 0 Å². The van der Waals surface area contributed by atoms with E-state index in [0.29, 0.717) is 0 Å². The number of hydrogen-bond donors (Lipinski definition) is 0. The molecule has 0 fully saturated rings. The number of nitrogens with zero attached hydrogens (tertiary/aromatic N) is 2. The summed E-state index contributed by atoms with van der Waals surface area (Å²) in [6.45, 7) is 3.71. The van der Waals surface area contributed by atoms with Crippen molar-refractivity contribution < 1.29 is 4.52 Å². The van der Waals surface area contributed by atoms with Gasteiger partial charge in [0, 0.05) is 6.07 Å². The van der Waals surface area contributed by atoms with E-state index in [4.69, 9.17) is 4.52 Å². The van der Waals surface area contributed by atoms with Gasteiger partial charge >= 0.3 is 0 Å². The Morgan fingerprint density at radius 1 is 1.73 bits per heavy atom. The van der Waals surface area contributed by atoms with Gasteiger partial charge in [0.25, 0.3) is 0 Å². The highest BCUT2D eigenvalue weighted by Crippen LogP contribution is 2.17. The second kappa shape index (κ2) is 3.34. The van der Waals surface area contributed by atoms with Gasteiger partial charge in [0.15, 0.2) is 5.76 Å². The van der Waals surface area contributed by atoms with E-state index in [2.05, 4.69) is 11.7 Å². The first kappa shape index (κ1) is 8.01. The van der Waals surface area contributed by atoms with Gasteiger partial charge in [-0.25, -0.2) is 0 Å². The summed E-state index contributed by atoms with van der Waals surface area (Å²) in [5, 5.41) is 3.62. The summed E-state index contributed by atoms with van der Waals surface area (Å²) < 4.78 is 4.98. The SMILES string of the molecule is C=CC(c1ccno1)N(C)C. The summed E-state index contributed by atoms with van der Waals surface area (Å²) in [6, 6.07) is 1.96. The van der Waals surface area contributed by atoms with Gasteiger partial charge in [-0.3, -0.25) is 4.90 Å². The Kier molecular flexibility index (Phi) is 2.44. The summed E-state index contributed by atoms with van der Waals surface area (Å²) in [7, 11) is 3.93. The normalized spacial score (nSPS) is 13.4. The summed E-state index contributed by atoms with van der Waals surface area (Å²) in [4.78, 5) is 2.01. The smallest absolute Gasteiger partial charge is 0.157 e. The zero-order valence-corrected chi connectivity index (χ0v) is 6.82. The summed E-state index contributed by atoms with van der Waals surface area (Å²) in [5.74, 6) is 0.824. The molecule has 11 heavy (non-hydrogen) atoms. The average Bonchev–Trinajstić information content (AvgIpc) is 2.40. The highest BCUT2D eigenvalue weighted by atomic mass is 16.5. The minimum atomic E-state index is 0.123. The van der Waals surface area contributed by atoms with Crippen molar-refractivity contribution in [1.29, 1.82) is 0 Å². The highest BCUT2D eigenvalue weighted by Gasteiger charge is 2.12. The van der Waals surface area contributed by atoms with Gasteiger partial charge in [-0.2, -0.15) is 0 Å². The molecule has 0 spiro atoms.